The van der Waals surface area contributed by atoms with Crippen LogP contribution in [0.15, 0.2) is 18.2 Å². The molecule has 0 aliphatic heterocycles. The lowest BCUT2D eigenvalue weighted by molar-refractivity contribution is -0.122. The van der Waals surface area contributed by atoms with E-state index in [0.29, 0.717) is 12.5 Å². The van der Waals surface area contributed by atoms with Crippen LogP contribution in [-0.2, 0) is 11.2 Å². The summed E-state index contributed by atoms with van der Waals surface area (Å²) >= 11 is 0. The standard InChI is InChI=1S/C15H21NO3/c1-10-8-12(10)15(17)16-7-6-11-4-5-13(18-2)14(9-11)19-3/h4-5,9-10,12H,6-8H2,1-3H3,(H,16,17). The summed E-state index contributed by atoms with van der Waals surface area (Å²) in [4.78, 5) is 11.7. The van der Waals surface area contributed by atoms with E-state index in [9.17, 15) is 4.79 Å². The Morgan fingerprint density at radius 1 is 1.32 bits per heavy atom. The molecule has 1 aliphatic rings. The number of hydrogen-bond acceptors (Lipinski definition) is 3. The highest BCUT2D eigenvalue weighted by Gasteiger charge is 2.38. The monoisotopic (exact) mass is 263 g/mol. The molecule has 4 heteroatoms. The van der Waals surface area contributed by atoms with Crippen LogP contribution >= 0.6 is 0 Å². The van der Waals surface area contributed by atoms with Gasteiger partial charge in [-0.05, 0) is 36.5 Å². The summed E-state index contributed by atoms with van der Waals surface area (Å²) in [6.07, 6.45) is 1.83. The first-order valence-electron chi connectivity index (χ1n) is 6.64. The maximum atomic E-state index is 11.7. The van der Waals surface area contributed by atoms with Gasteiger partial charge < -0.3 is 14.8 Å². The summed E-state index contributed by atoms with van der Waals surface area (Å²) in [7, 11) is 3.24. The third-order valence-corrected chi connectivity index (χ3v) is 3.61. The second-order valence-electron chi connectivity index (χ2n) is 5.05. The summed E-state index contributed by atoms with van der Waals surface area (Å²) in [5.41, 5.74) is 1.13. The van der Waals surface area contributed by atoms with Crippen molar-refractivity contribution in [1.82, 2.24) is 5.32 Å². The lowest BCUT2D eigenvalue weighted by atomic mass is 10.1. The van der Waals surface area contributed by atoms with E-state index in [1.165, 1.54) is 0 Å². The molecule has 0 radical (unpaired) electrons. The van der Waals surface area contributed by atoms with E-state index in [-0.39, 0.29) is 11.8 Å². The lowest BCUT2D eigenvalue weighted by Crippen LogP contribution is -2.27. The van der Waals surface area contributed by atoms with Gasteiger partial charge in [-0.1, -0.05) is 13.0 Å². The van der Waals surface area contributed by atoms with E-state index >= 15 is 0 Å². The molecule has 0 aromatic heterocycles. The fraction of sp³-hybridized carbons (Fsp3) is 0.533. The number of nitrogens with one attached hydrogen (secondary N) is 1. The summed E-state index contributed by atoms with van der Waals surface area (Å²) in [6, 6.07) is 5.83. The van der Waals surface area contributed by atoms with Gasteiger partial charge in [0.2, 0.25) is 5.91 Å². The number of hydrogen-bond donors (Lipinski definition) is 1. The maximum absolute atomic E-state index is 11.7. The molecule has 1 saturated carbocycles. The summed E-state index contributed by atoms with van der Waals surface area (Å²) in [5, 5.41) is 2.98. The third-order valence-electron chi connectivity index (χ3n) is 3.61. The Balaban J connectivity index is 1.84. The number of amides is 1. The molecule has 2 unspecified atom stereocenters. The van der Waals surface area contributed by atoms with Crippen LogP contribution in [0.5, 0.6) is 11.5 Å². The van der Waals surface area contributed by atoms with Crippen molar-refractivity contribution in [2.75, 3.05) is 20.8 Å². The van der Waals surface area contributed by atoms with Gasteiger partial charge >= 0.3 is 0 Å². The van der Waals surface area contributed by atoms with Gasteiger partial charge in [-0.3, -0.25) is 4.79 Å². The molecular formula is C15H21NO3. The van der Waals surface area contributed by atoms with E-state index in [0.717, 1.165) is 29.9 Å². The van der Waals surface area contributed by atoms with Crippen LogP contribution in [0.3, 0.4) is 0 Å². The second kappa shape index (κ2) is 5.95. The van der Waals surface area contributed by atoms with E-state index in [4.69, 9.17) is 9.47 Å². The first-order valence-corrected chi connectivity index (χ1v) is 6.64. The molecule has 0 heterocycles. The summed E-state index contributed by atoms with van der Waals surface area (Å²) in [5.74, 6) is 2.43. The van der Waals surface area contributed by atoms with Crippen molar-refractivity contribution in [3.8, 4) is 11.5 Å². The van der Waals surface area contributed by atoms with Crippen LogP contribution in [0.4, 0.5) is 0 Å². The quantitative estimate of drug-likeness (QED) is 0.854. The van der Waals surface area contributed by atoms with Crippen molar-refractivity contribution in [2.24, 2.45) is 11.8 Å². The average molecular weight is 263 g/mol. The molecule has 1 amide bonds. The predicted octanol–water partition coefficient (Wildman–Crippen LogP) is 2.02. The molecular weight excluding hydrogens is 242 g/mol. The Morgan fingerprint density at radius 2 is 2.00 bits per heavy atom. The van der Waals surface area contributed by atoms with Crippen molar-refractivity contribution in [3.05, 3.63) is 23.8 Å². The molecule has 0 spiro atoms. The number of rotatable bonds is 6. The minimum Gasteiger partial charge on any atom is -0.493 e. The average Bonchev–Trinajstić information content (AvgIpc) is 3.15. The van der Waals surface area contributed by atoms with Crippen LogP contribution in [-0.4, -0.2) is 26.7 Å². The van der Waals surface area contributed by atoms with E-state index in [2.05, 4.69) is 12.2 Å². The molecule has 2 atom stereocenters. The maximum Gasteiger partial charge on any atom is 0.223 e. The molecule has 104 valence electrons. The smallest absolute Gasteiger partial charge is 0.223 e. The van der Waals surface area contributed by atoms with Crippen molar-refractivity contribution < 1.29 is 14.3 Å². The number of carbonyl (C=O) groups excluding carboxylic acids is 1. The molecule has 1 aliphatic carbocycles. The van der Waals surface area contributed by atoms with Crippen LogP contribution in [0.2, 0.25) is 0 Å². The highest BCUT2D eigenvalue weighted by molar-refractivity contribution is 5.81. The Hall–Kier alpha value is -1.71. The van der Waals surface area contributed by atoms with Crippen molar-refractivity contribution in [1.29, 1.82) is 0 Å². The molecule has 1 N–H and O–H groups in total. The lowest BCUT2D eigenvalue weighted by Gasteiger charge is -2.10. The van der Waals surface area contributed by atoms with Gasteiger partial charge in [0, 0.05) is 12.5 Å². The predicted molar refractivity (Wildman–Crippen MR) is 73.5 cm³/mol. The SMILES string of the molecule is COc1ccc(CCNC(=O)C2CC2C)cc1OC. The van der Waals surface area contributed by atoms with Gasteiger partial charge in [0.1, 0.15) is 0 Å². The molecule has 4 nitrogen and oxygen atoms in total. The van der Waals surface area contributed by atoms with Crippen LogP contribution in [0.1, 0.15) is 18.9 Å². The van der Waals surface area contributed by atoms with Gasteiger partial charge in [-0.25, -0.2) is 0 Å². The van der Waals surface area contributed by atoms with Crippen LogP contribution in [0, 0.1) is 11.8 Å². The van der Waals surface area contributed by atoms with Crippen molar-refractivity contribution >= 4 is 5.91 Å². The number of methoxy groups -OCH3 is 2. The Labute approximate surface area is 114 Å². The van der Waals surface area contributed by atoms with Crippen molar-refractivity contribution in [2.45, 2.75) is 19.8 Å². The normalized spacial score (nSPS) is 20.8. The highest BCUT2D eigenvalue weighted by atomic mass is 16.5. The summed E-state index contributed by atoms with van der Waals surface area (Å²) in [6.45, 7) is 2.77. The van der Waals surface area contributed by atoms with Gasteiger partial charge in [0.25, 0.3) is 0 Å². The van der Waals surface area contributed by atoms with Crippen LogP contribution < -0.4 is 14.8 Å². The first-order chi connectivity index (χ1) is 9.15. The van der Waals surface area contributed by atoms with E-state index < -0.39 is 0 Å². The number of carbonyl (C=O) groups is 1. The molecule has 1 fully saturated rings. The molecule has 0 saturated heterocycles. The van der Waals surface area contributed by atoms with Crippen LogP contribution in [0.25, 0.3) is 0 Å². The van der Waals surface area contributed by atoms with Gasteiger partial charge in [0.05, 0.1) is 14.2 Å². The molecule has 0 bridgehead atoms. The Morgan fingerprint density at radius 3 is 2.58 bits per heavy atom. The molecule has 19 heavy (non-hydrogen) atoms. The number of ether oxygens (including phenoxy) is 2. The minimum absolute atomic E-state index is 0.188. The molecule has 1 aromatic carbocycles. The Kier molecular flexibility index (Phi) is 4.30. The summed E-state index contributed by atoms with van der Waals surface area (Å²) < 4.78 is 10.4. The van der Waals surface area contributed by atoms with Gasteiger partial charge in [-0.15, -0.1) is 0 Å². The first kappa shape index (κ1) is 13.7. The fourth-order valence-electron chi connectivity index (χ4n) is 2.18. The zero-order chi connectivity index (χ0) is 13.8. The zero-order valence-corrected chi connectivity index (χ0v) is 11.7. The highest BCUT2D eigenvalue weighted by Crippen LogP contribution is 2.37. The fourth-order valence-corrected chi connectivity index (χ4v) is 2.18. The van der Waals surface area contributed by atoms with Crippen molar-refractivity contribution in [3.63, 3.8) is 0 Å². The van der Waals surface area contributed by atoms with E-state index in [1.807, 2.05) is 18.2 Å². The second-order valence-corrected chi connectivity index (χ2v) is 5.05. The molecule has 1 aromatic rings. The van der Waals surface area contributed by atoms with Gasteiger partial charge in [-0.2, -0.15) is 0 Å². The number of benzene rings is 1. The largest absolute Gasteiger partial charge is 0.493 e. The van der Waals surface area contributed by atoms with Gasteiger partial charge in [0.15, 0.2) is 11.5 Å². The van der Waals surface area contributed by atoms with E-state index in [1.54, 1.807) is 14.2 Å². The molecule has 2 rings (SSSR count). The Bertz CT molecular complexity index is 459. The minimum atomic E-state index is 0.188. The zero-order valence-electron chi connectivity index (χ0n) is 11.7. The third kappa shape index (κ3) is 3.40. The topological polar surface area (TPSA) is 47.6 Å².